The quantitative estimate of drug-likeness (QED) is 0.409. The zero-order valence-electron chi connectivity index (χ0n) is 10.5. The van der Waals surface area contributed by atoms with Crippen molar-refractivity contribution in [3.05, 3.63) is 23.8 Å². The van der Waals surface area contributed by atoms with E-state index in [1.54, 1.807) is 19.1 Å². The Morgan fingerprint density at radius 1 is 1.53 bits per heavy atom. The van der Waals surface area contributed by atoms with Gasteiger partial charge < -0.3 is 10.1 Å². The maximum atomic E-state index is 11.8. The number of benzene rings is 1. The number of nitrogens with two attached hydrogens (primary N) is 1. The molecule has 19 heavy (non-hydrogen) atoms. The Labute approximate surface area is 110 Å². The largest absolute Gasteiger partial charge is 0.479 e. The van der Waals surface area contributed by atoms with Crippen LogP contribution in [0.3, 0.4) is 0 Å². The monoisotopic (exact) mass is 261 g/mol. The van der Waals surface area contributed by atoms with E-state index in [4.69, 9.17) is 10.6 Å². The average molecular weight is 261 g/mol. The molecule has 6 heteroatoms. The summed E-state index contributed by atoms with van der Waals surface area (Å²) in [5.41, 5.74) is 3.12. The molecule has 1 aromatic carbocycles. The van der Waals surface area contributed by atoms with Crippen molar-refractivity contribution >= 4 is 17.5 Å². The van der Waals surface area contributed by atoms with Gasteiger partial charge >= 0.3 is 0 Å². The van der Waals surface area contributed by atoms with Gasteiger partial charge in [0.25, 0.3) is 5.91 Å². The van der Waals surface area contributed by atoms with Crippen LogP contribution in [0.4, 0.5) is 5.69 Å². The number of rotatable bonds is 2. The van der Waals surface area contributed by atoms with Gasteiger partial charge in [-0.15, -0.1) is 0 Å². The first-order valence-electron chi connectivity index (χ1n) is 6.20. The Morgan fingerprint density at radius 3 is 2.89 bits per heavy atom. The number of nitrogens with one attached hydrogen (secondary N) is 2. The highest BCUT2D eigenvalue weighted by Crippen LogP contribution is 2.49. The first kappa shape index (κ1) is 12.0. The van der Waals surface area contributed by atoms with Crippen molar-refractivity contribution in [2.24, 2.45) is 5.84 Å². The van der Waals surface area contributed by atoms with Crippen molar-refractivity contribution in [3.63, 3.8) is 0 Å². The number of amides is 2. The lowest BCUT2D eigenvalue weighted by atomic mass is 9.94. The molecule has 1 unspecified atom stereocenters. The summed E-state index contributed by atoms with van der Waals surface area (Å²) in [5, 5.41) is 2.78. The number of hydrazine groups is 1. The predicted molar refractivity (Wildman–Crippen MR) is 68.4 cm³/mol. The number of carbonyl (C=O) groups excluding carboxylic acids is 2. The second kappa shape index (κ2) is 3.96. The molecule has 0 bridgehead atoms. The van der Waals surface area contributed by atoms with Gasteiger partial charge in [0.15, 0.2) is 6.10 Å². The van der Waals surface area contributed by atoms with Gasteiger partial charge in [-0.2, -0.15) is 0 Å². The molecule has 0 aromatic heterocycles. The number of anilines is 1. The van der Waals surface area contributed by atoms with Gasteiger partial charge in [0.05, 0.1) is 11.1 Å². The molecule has 3 rings (SSSR count). The maximum Gasteiger partial charge on any atom is 0.265 e. The first-order valence-corrected chi connectivity index (χ1v) is 6.20. The summed E-state index contributed by atoms with van der Waals surface area (Å²) in [6.45, 7) is 1.69. The third-order valence-corrected chi connectivity index (χ3v) is 3.78. The van der Waals surface area contributed by atoms with Crippen molar-refractivity contribution in [2.75, 3.05) is 5.32 Å². The highest BCUT2D eigenvalue weighted by molar-refractivity contribution is 5.98. The second-order valence-corrected chi connectivity index (χ2v) is 5.02. The molecule has 1 atom stereocenters. The van der Waals surface area contributed by atoms with Gasteiger partial charge in [-0.25, -0.2) is 5.84 Å². The molecular weight excluding hydrogens is 246 g/mol. The second-order valence-electron chi connectivity index (χ2n) is 5.02. The van der Waals surface area contributed by atoms with Crippen molar-refractivity contribution in [1.82, 2.24) is 5.43 Å². The third-order valence-electron chi connectivity index (χ3n) is 3.78. The Morgan fingerprint density at radius 2 is 2.26 bits per heavy atom. The van der Waals surface area contributed by atoms with E-state index in [1.165, 1.54) is 0 Å². The molecule has 4 N–H and O–H groups in total. The minimum absolute atomic E-state index is 0.183. The van der Waals surface area contributed by atoms with E-state index in [-0.39, 0.29) is 11.8 Å². The van der Waals surface area contributed by atoms with Crippen LogP contribution in [0, 0.1) is 0 Å². The molecule has 0 radical (unpaired) electrons. The lowest BCUT2D eigenvalue weighted by Crippen LogP contribution is -2.39. The van der Waals surface area contributed by atoms with Gasteiger partial charge in [-0.05, 0) is 37.5 Å². The summed E-state index contributed by atoms with van der Waals surface area (Å²) in [5.74, 6) is 5.47. The first-order chi connectivity index (χ1) is 9.06. The normalized spacial score (nSPS) is 22.8. The molecular formula is C13H15N3O3. The van der Waals surface area contributed by atoms with E-state index in [2.05, 4.69) is 10.7 Å². The summed E-state index contributed by atoms with van der Waals surface area (Å²) >= 11 is 0. The summed E-state index contributed by atoms with van der Waals surface area (Å²) in [7, 11) is 0. The van der Waals surface area contributed by atoms with Crippen molar-refractivity contribution in [3.8, 4) is 5.75 Å². The number of ether oxygens (including phenoxy) is 1. The van der Waals surface area contributed by atoms with Crippen LogP contribution in [0.2, 0.25) is 0 Å². The average Bonchev–Trinajstić information content (AvgIpc) is 3.20. The highest BCUT2D eigenvalue weighted by atomic mass is 16.5. The zero-order chi connectivity index (χ0) is 13.6. The van der Waals surface area contributed by atoms with Crippen molar-refractivity contribution in [2.45, 2.75) is 31.3 Å². The van der Waals surface area contributed by atoms with Crippen LogP contribution < -0.4 is 21.3 Å². The van der Waals surface area contributed by atoms with Gasteiger partial charge in [-0.1, -0.05) is 6.07 Å². The summed E-state index contributed by atoms with van der Waals surface area (Å²) in [6.07, 6.45) is 1.03. The van der Waals surface area contributed by atoms with Crippen LogP contribution in [0.5, 0.6) is 5.75 Å². The number of hydrogen-bond acceptors (Lipinski definition) is 4. The fourth-order valence-electron chi connectivity index (χ4n) is 2.42. The molecule has 1 aliphatic carbocycles. The lowest BCUT2D eigenvalue weighted by molar-refractivity contribution is -0.123. The van der Waals surface area contributed by atoms with Crippen LogP contribution in [-0.4, -0.2) is 17.9 Å². The molecule has 1 fully saturated rings. The standard InChI is InChI=1S/C13H15N3O3/c1-7-11(17)15-9-6-8(2-3-10(9)19-7)13(4-5-13)12(18)16-14/h2-3,6-7H,4-5,14H2,1H3,(H,15,17)(H,16,18). The van der Waals surface area contributed by atoms with Crippen LogP contribution in [0.15, 0.2) is 18.2 Å². The fraction of sp³-hybridized carbons (Fsp3) is 0.385. The zero-order valence-corrected chi connectivity index (χ0v) is 10.5. The molecule has 2 aliphatic rings. The number of fused-ring (bicyclic) bond motifs is 1. The van der Waals surface area contributed by atoms with E-state index in [9.17, 15) is 9.59 Å². The smallest absolute Gasteiger partial charge is 0.265 e. The molecule has 0 spiro atoms. The fourth-order valence-corrected chi connectivity index (χ4v) is 2.42. The molecule has 0 saturated heterocycles. The van der Waals surface area contributed by atoms with Gasteiger partial charge in [0.1, 0.15) is 5.75 Å². The third kappa shape index (κ3) is 1.76. The van der Waals surface area contributed by atoms with E-state index in [0.29, 0.717) is 11.4 Å². The molecule has 6 nitrogen and oxygen atoms in total. The van der Waals surface area contributed by atoms with Crippen LogP contribution in [-0.2, 0) is 15.0 Å². The molecule has 100 valence electrons. The molecule has 2 amide bonds. The Balaban J connectivity index is 1.97. The van der Waals surface area contributed by atoms with Crippen LogP contribution in [0.1, 0.15) is 25.3 Å². The Bertz CT molecular complexity index is 566. The Kier molecular flexibility index (Phi) is 2.50. The van der Waals surface area contributed by atoms with E-state index >= 15 is 0 Å². The Hall–Kier alpha value is -2.08. The van der Waals surface area contributed by atoms with E-state index < -0.39 is 11.5 Å². The predicted octanol–water partition coefficient (Wildman–Crippen LogP) is 0.427. The topological polar surface area (TPSA) is 93.4 Å². The van der Waals surface area contributed by atoms with Crippen LogP contribution >= 0.6 is 0 Å². The van der Waals surface area contributed by atoms with Gasteiger partial charge in [0, 0.05) is 0 Å². The lowest BCUT2D eigenvalue weighted by Gasteiger charge is -2.24. The van der Waals surface area contributed by atoms with Crippen LogP contribution in [0.25, 0.3) is 0 Å². The molecule has 1 aliphatic heterocycles. The number of hydrogen-bond donors (Lipinski definition) is 3. The molecule has 1 heterocycles. The van der Waals surface area contributed by atoms with Crippen molar-refractivity contribution < 1.29 is 14.3 Å². The van der Waals surface area contributed by atoms with Gasteiger partial charge in [0.2, 0.25) is 5.91 Å². The summed E-state index contributed by atoms with van der Waals surface area (Å²) < 4.78 is 5.48. The molecule has 1 aromatic rings. The summed E-state index contributed by atoms with van der Waals surface area (Å²) in [6, 6.07) is 5.43. The minimum Gasteiger partial charge on any atom is -0.479 e. The SMILES string of the molecule is CC1Oc2ccc(C3(C(=O)NN)CC3)cc2NC1=O. The van der Waals surface area contributed by atoms with Crippen molar-refractivity contribution in [1.29, 1.82) is 0 Å². The highest BCUT2D eigenvalue weighted by Gasteiger charge is 2.51. The van der Waals surface area contributed by atoms with Gasteiger partial charge in [-0.3, -0.25) is 15.0 Å². The van der Waals surface area contributed by atoms with E-state index in [0.717, 1.165) is 18.4 Å². The number of carbonyl (C=O) groups is 2. The summed E-state index contributed by atoms with van der Waals surface area (Å²) in [4.78, 5) is 23.4. The van der Waals surface area contributed by atoms with E-state index in [1.807, 2.05) is 6.07 Å². The minimum atomic E-state index is -0.544. The molecule has 1 saturated carbocycles. The maximum absolute atomic E-state index is 11.8.